The fourth-order valence-electron chi connectivity index (χ4n) is 4.23. The minimum absolute atomic E-state index is 0.0626. The summed E-state index contributed by atoms with van der Waals surface area (Å²) in [5.74, 6) is -1.11. The van der Waals surface area contributed by atoms with Crippen LogP contribution in [0.3, 0.4) is 0 Å². The molecule has 0 radical (unpaired) electrons. The van der Waals surface area contributed by atoms with Crippen LogP contribution in [0.4, 0.5) is 4.79 Å². The normalized spacial score (nSPS) is 17.3. The van der Waals surface area contributed by atoms with Gasteiger partial charge in [-0.1, -0.05) is 54.1 Å². The molecule has 0 saturated heterocycles. The second kappa shape index (κ2) is 14.0. The number of hydrogen-bond donors (Lipinski definition) is 4. The molecule has 0 aliphatic carbocycles. The van der Waals surface area contributed by atoms with Gasteiger partial charge in [0, 0.05) is 17.1 Å². The summed E-state index contributed by atoms with van der Waals surface area (Å²) in [6, 6.07) is 15.3. The maximum atomic E-state index is 13.5. The number of ether oxygens (including phenoxy) is 2. The molecule has 1 aliphatic rings. The first-order valence-corrected chi connectivity index (χ1v) is 15.4. The van der Waals surface area contributed by atoms with Gasteiger partial charge in [0.1, 0.15) is 28.2 Å². The van der Waals surface area contributed by atoms with Crippen LogP contribution in [0.15, 0.2) is 60.2 Å². The second-order valence-electron chi connectivity index (χ2n) is 12.3. The number of amides is 3. The molecule has 0 saturated carbocycles. The van der Waals surface area contributed by atoms with Gasteiger partial charge in [-0.25, -0.2) is 13.7 Å². The molecule has 234 valence electrons. The van der Waals surface area contributed by atoms with E-state index >= 15 is 0 Å². The molecule has 1 aliphatic heterocycles. The van der Waals surface area contributed by atoms with E-state index in [1.807, 2.05) is 44.2 Å². The Labute approximate surface area is 260 Å². The highest BCUT2D eigenvalue weighted by Crippen LogP contribution is 2.35. The minimum Gasteiger partial charge on any atom is -0.444 e. The number of halogens is 1. The Kier molecular flexibility index (Phi) is 11.2. The van der Waals surface area contributed by atoms with E-state index in [1.165, 1.54) is 13.8 Å². The molecule has 3 amide bonds. The number of nitrogens with one attached hydrogen (secondary N) is 4. The van der Waals surface area contributed by atoms with Crippen LogP contribution in [-0.4, -0.2) is 58.0 Å². The molecular weight excluding hydrogens is 592 g/mol. The number of alkyl carbamates (subject to hydrolysis) is 1. The molecule has 2 atom stereocenters. The zero-order valence-corrected chi connectivity index (χ0v) is 27.2. The summed E-state index contributed by atoms with van der Waals surface area (Å²) in [7, 11) is -1.51. The Bertz CT molecular complexity index is 1370. The van der Waals surface area contributed by atoms with Gasteiger partial charge in [0.05, 0.1) is 18.1 Å². The number of hydrogen-bond acceptors (Lipinski definition) is 6. The maximum absolute atomic E-state index is 13.5. The first-order chi connectivity index (χ1) is 20.0. The van der Waals surface area contributed by atoms with Crippen molar-refractivity contribution in [3.8, 4) is 0 Å². The lowest BCUT2D eigenvalue weighted by atomic mass is 9.93. The van der Waals surface area contributed by atoms with Crippen LogP contribution in [0, 0.1) is 0 Å². The van der Waals surface area contributed by atoms with Gasteiger partial charge in [-0.05, 0) is 77.3 Å². The highest BCUT2D eigenvalue weighted by Gasteiger charge is 2.39. The third-order valence-electron chi connectivity index (χ3n) is 6.51. The maximum Gasteiger partial charge on any atom is 0.408 e. The predicted molar refractivity (Wildman–Crippen MR) is 168 cm³/mol. The van der Waals surface area contributed by atoms with Crippen molar-refractivity contribution in [1.82, 2.24) is 20.7 Å². The van der Waals surface area contributed by atoms with E-state index in [0.717, 1.165) is 16.7 Å². The van der Waals surface area contributed by atoms with E-state index < -0.39 is 51.6 Å². The molecule has 0 bridgehead atoms. The van der Waals surface area contributed by atoms with E-state index in [9.17, 15) is 18.6 Å². The lowest BCUT2D eigenvalue weighted by Crippen LogP contribution is -2.60. The van der Waals surface area contributed by atoms with Crippen LogP contribution >= 0.6 is 11.6 Å². The summed E-state index contributed by atoms with van der Waals surface area (Å²) in [5.41, 5.74) is -0.497. The van der Waals surface area contributed by atoms with Crippen molar-refractivity contribution in [3.63, 3.8) is 0 Å². The summed E-state index contributed by atoms with van der Waals surface area (Å²) < 4.78 is 27.2. The molecule has 12 heteroatoms. The third-order valence-corrected chi connectivity index (χ3v) is 8.31. The number of benzene rings is 2. The Balaban J connectivity index is 1.79. The summed E-state index contributed by atoms with van der Waals surface area (Å²) >= 11 is 6.05. The molecule has 3 rings (SSSR count). The first kappa shape index (κ1) is 34.2. The monoisotopic (exact) mass is 632 g/mol. The van der Waals surface area contributed by atoms with Crippen molar-refractivity contribution in [2.24, 2.45) is 0 Å². The molecule has 2 unspecified atom stereocenters. The molecule has 43 heavy (non-hydrogen) atoms. The highest BCUT2D eigenvalue weighted by molar-refractivity contribution is 7.93. The molecule has 1 heterocycles. The third kappa shape index (κ3) is 9.89. The Morgan fingerprint density at radius 1 is 1.00 bits per heavy atom. The van der Waals surface area contributed by atoms with Crippen LogP contribution in [0.25, 0.3) is 4.91 Å². The van der Waals surface area contributed by atoms with Crippen molar-refractivity contribution in [3.05, 3.63) is 76.3 Å². The smallest absolute Gasteiger partial charge is 0.408 e. The molecule has 2 aromatic rings. The average Bonchev–Trinajstić information content (AvgIpc) is 3.13. The summed E-state index contributed by atoms with van der Waals surface area (Å²) in [4.78, 5) is 39.8. The molecule has 0 aromatic heterocycles. The van der Waals surface area contributed by atoms with E-state index in [4.69, 9.17) is 21.1 Å². The minimum atomic E-state index is -1.51. The molecular formula is C31H41ClN4O6S. The van der Waals surface area contributed by atoms with Crippen molar-refractivity contribution >= 4 is 45.4 Å². The highest BCUT2D eigenvalue weighted by atomic mass is 35.5. The Hall–Kier alpha value is -3.25. The molecule has 2 aromatic carbocycles. The Morgan fingerprint density at radius 2 is 1.63 bits per heavy atom. The number of carbonyl (C=O) groups excluding carboxylic acids is 3. The van der Waals surface area contributed by atoms with Crippen LogP contribution < -0.4 is 20.7 Å². The van der Waals surface area contributed by atoms with E-state index in [1.54, 1.807) is 45.0 Å². The van der Waals surface area contributed by atoms with Gasteiger partial charge in [-0.3, -0.25) is 9.59 Å². The van der Waals surface area contributed by atoms with E-state index in [2.05, 4.69) is 20.7 Å². The fraction of sp³-hybridized carbons (Fsp3) is 0.452. The Morgan fingerprint density at radius 3 is 2.23 bits per heavy atom. The second-order valence-corrected chi connectivity index (χ2v) is 13.9. The largest absolute Gasteiger partial charge is 0.444 e. The SMILES string of the molecule is CC(C)(C)OC(=O)NC(C)(C)C(=O)NC(COCc1ccccc1)C(=O)NCC1=C(c2ccc(Cl)cc2)S(=O)NC1(C)C. The van der Waals surface area contributed by atoms with Gasteiger partial charge in [0.25, 0.3) is 0 Å². The fourth-order valence-corrected chi connectivity index (χ4v) is 5.94. The van der Waals surface area contributed by atoms with Crippen LogP contribution in [0.1, 0.15) is 59.6 Å². The lowest BCUT2D eigenvalue weighted by Gasteiger charge is -2.29. The van der Waals surface area contributed by atoms with Gasteiger partial charge in [0.2, 0.25) is 11.8 Å². The van der Waals surface area contributed by atoms with Gasteiger partial charge >= 0.3 is 6.09 Å². The summed E-state index contributed by atoms with van der Waals surface area (Å²) in [5, 5.41) is 8.70. The van der Waals surface area contributed by atoms with Crippen LogP contribution in [-0.2, 0) is 36.7 Å². The van der Waals surface area contributed by atoms with Gasteiger partial charge in [-0.15, -0.1) is 0 Å². The average molecular weight is 633 g/mol. The number of carbonyl (C=O) groups is 3. The zero-order chi connectivity index (χ0) is 32.0. The zero-order valence-electron chi connectivity index (χ0n) is 25.6. The van der Waals surface area contributed by atoms with Crippen molar-refractivity contribution in [2.45, 2.75) is 77.8 Å². The standard InChI is InChI=1S/C31H41ClN4O6S/c1-29(2,3)42-28(39)35-31(6,7)27(38)34-24(19-41-18-20-11-9-8-10-12-20)26(37)33-17-23-25(43(40)36-30(23,4)5)21-13-15-22(32)16-14-21/h8-16,24,36H,17-19H2,1-7H3,(H,33,37)(H,34,38)(H,35,39). The van der Waals surface area contributed by atoms with Gasteiger partial charge in [0.15, 0.2) is 0 Å². The molecule has 0 fully saturated rings. The molecule has 4 N–H and O–H groups in total. The summed E-state index contributed by atoms with van der Waals surface area (Å²) in [6.07, 6.45) is -0.764. The van der Waals surface area contributed by atoms with Crippen LogP contribution in [0.2, 0.25) is 5.02 Å². The van der Waals surface area contributed by atoms with Gasteiger partial charge in [-0.2, -0.15) is 0 Å². The molecule has 0 spiro atoms. The number of rotatable bonds is 11. The van der Waals surface area contributed by atoms with E-state index in [0.29, 0.717) is 9.93 Å². The topological polar surface area (TPSA) is 135 Å². The summed E-state index contributed by atoms with van der Waals surface area (Å²) in [6.45, 7) is 12.1. The van der Waals surface area contributed by atoms with Crippen molar-refractivity contribution in [2.75, 3.05) is 13.2 Å². The van der Waals surface area contributed by atoms with Crippen LogP contribution in [0.5, 0.6) is 0 Å². The molecule has 10 nitrogen and oxygen atoms in total. The van der Waals surface area contributed by atoms with Crippen molar-refractivity contribution < 1.29 is 28.1 Å². The van der Waals surface area contributed by atoms with Gasteiger partial charge < -0.3 is 25.4 Å². The van der Waals surface area contributed by atoms with Crippen molar-refractivity contribution in [1.29, 1.82) is 0 Å². The van der Waals surface area contributed by atoms with E-state index in [-0.39, 0.29) is 19.8 Å². The quantitative estimate of drug-likeness (QED) is 0.293. The lowest BCUT2D eigenvalue weighted by molar-refractivity contribution is -0.133. The predicted octanol–water partition coefficient (Wildman–Crippen LogP) is 4.22. The first-order valence-electron chi connectivity index (χ1n) is 13.9.